The Morgan fingerprint density at radius 2 is 2.00 bits per heavy atom. The summed E-state index contributed by atoms with van der Waals surface area (Å²) in [7, 11) is -0.612. The van der Waals surface area contributed by atoms with Gasteiger partial charge < -0.3 is 10.6 Å². The highest BCUT2D eigenvalue weighted by atomic mass is 32.2. The molecule has 0 fully saturated rings. The Bertz CT molecular complexity index is 540. The van der Waals surface area contributed by atoms with Gasteiger partial charge in [-0.25, -0.2) is 8.42 Å². The molecule has 3 N–H and O–H groups in total. The second-order valence-electron chi connectivity index (χ2n) is 4.15. The van der Waals surface area contributed by atoms with Gasteiger partial charge in [-0.2, -0.15) is 4.72 Å². The molecule has 0 bridgehead atoms. The van der Waals surface area contributed by atoms with Crippen molar-refractivity contribution in [2.45, 2.75) is 17.9 Å². The Hall–Kier alpha value is -1.60. The first-order valence-corrected chi connectivity index (χ1v) is 6.81. The highest BCUT2D eigenvalue weighted by Crippen LogP contribution is 2.13. The maximum Gasteiger partial charge on any atom is 0.241 e. The van der Waals surface area contributed by atoms with Gasteiger partial charge in [-0.05, 0) is 25.1 Å². The summed E-state index contributed by atoms with van der Waals surface area (Å²) in [6.45, 7) is 1.49. The Kier molecular flexibility index (Phi) is 4.31. The smallest absolute Gasteiger partial charge is 0.241 e. The summed E-state index contributed by atoms with van der Waals surface area (Å²) >= 11 is 0. The van der Waals surface area contributed by atoms with Crippen molar-refractivity contribution in [2.24, 2.45) is 0 Å². The number of sulfonamides is 1. The number of hydrogen-bond acceptors (Lipinski definition) is 4. The Balaban J connectivity index is 2.93. The number of carbonyl (C=O) groups is 1. The van der Waals surface area contributed by atoms with E-state index in [1.165, 1.54) is 24.0 Å². The van der Waals surface area contributed by atoms with Gasteiger partial charge in [0.25, 0.3) is 0 Å². The summed E-state index contributed by atoms with van der Waals surface area (Å²) < 4.78 is 26.3. The number of nitrogens with zero attached hydrogens (tertiary/aromatic N) is 1. The molecule has 0 aromatic heterocycles. The number of anilines is 1. The van der Waals surface area contributed by atoms with Crippen LogP contribution in [-0.4, -0.2) is 39.4 Å². The van der Waals surface area contributed by atoms with Crippen LogP contribution in [0.3, 0.4) is 0 Å². The third-order valence-electron chi connectivity index (χ3n) is 2.31. The fourth-order valence-corrected chi connectivity index (χ4v) is 2.67. The van der Waals surface area contributed by atoms with Crippen LogP contribution in [0.4, 0.5) is 5.69 Å². The number of amides is 1. The zero-order valence-electron chi connectivity index (χ0n) is 10.5. The molecular formula is C11H17N3O3S. The van der Waals surface area contributed by atoms with Gasteiger partial charge in [0.05, 0.1) is 10.9 Å². The number of rotatable bonds is 4. The summed E-state index contributed by atoms with van der Waals surface area (Å²) in [4.78, 5) is 13.0. The van der Waals surface area contributed by atoms with Gasteiger partial charge in [-0.1, -0.05) is 6.07 Å². The minimum atomic E-state index is -3.74. The van der Waals surface area contributed by atoms with Gasteiger partial charge in [0.15, 0.2) is 0 Å². The van der Waals surface area contributed by atoms with Crippen molar-refractivity contribution < 1.29 is 13.2 Å². The molecule has 100 valence electrons. The van der Waals surface area contributed by atoms with Gasteiger partial charge in [-0.3, -0.25) is 4.79 Å². The van der Waals surface area contributed by atoms with Crippen LogP contribution in [0, 0.1) is 0 Å². The van der Waals surface area contributed by atoms with Crippen LogP contribution in [0.1, 0.15) is 6.92 Å². The molecule has 0 saturated carbocycles. The first-order valence-electron chi connectivity index (χ1n) is 5.33. The molecule has 0 aliphatic heterocycles. The summed E-state index contributed by atoms with van der Waals surface area (Å²) in [6.07, 6.45) is 0. The van der Waals surface area contributed by atoms with E-state index in [0.717, 1.165) is 0 Å². The predicted molar refractivity (Wildman–Crippen MR) is 69.3 cm³/mol. The van der Waals surface area contributed by atoms with Crippen LogP contribution in [0.5, 0.6) is 0 Å². The van der Waals surface area contributed by atoms with Crippen LogP contribution in [0.25, 0.3) is 0 Å². The fourth-order valence-electron chi connectivity index (χ4n) is 1.42. The number of nitrogens with two attached hydrogens (primary N) is 1. The lowest BCUT2D eigenvalue weighted by molar-refractivity contribution is -0.130. The topological polar surface area (TPSA) is 92.5 Å². The van der Waals surface area contributed by atoms with Crippen molar-refractivity contribution in [1.82, 2.24) is 9.62 Å². The SMILES string of the molecule is CC(NS(=O)(=O)c1cccc(N)c1)C(=O)N(C)C. The quantitative estimate of drug-likeness (QED) is 0.755. The average Bonchev–Trinajstić information content (AvgIpc) is 2.27. The number of likely N-dealkylation sites (N-methyl/N-ethyl adjacent to an activating group) is 1. The normalized spacial score (nSPS) is 13.1. The maximum atomic E-state index is 12.0. The summed E-state index contributed by atoms with van der Waals surface area (Å²) in [5.41, 5.74) is 5.88. The zero-order valence-corrected chi connectivity index (χ0v) is 11.4. The molecule has 1 unspecified atom stereocenters. The molecule has 0 spiro atoms. The molecule has 0 aliphatic rings. The van der Waals surface area contributed by atoms with Crippen molar-refractivity contribution in [3.8, 4) is 0 Å². The molecule has 1 amide bonds. The van der Waals surface area contributed by atoms with Crippen molar-refractivity contribution in [3.05, 3.63) is 24.3 Å². The number of benzene rings is 1. The largest absolute Gasteiger partial charge is 0.399 e. The molecule has 1 aromatic carbocycles. The van der Waals surface area contributed by atoms with E-state index in [9.17, 15) is 13.2 Å². The van der Waals surface area contributed by atoms with E-state index >= 15 is 0 Å². The predicted octanol–water partition coefficient (Wildman–Crippen LogP) is 0.0238. The van der Waals surface area contributed by atoms with Gasteiger partial charge in [-0.15, -0.1) is 0 Å². The van der Waals surface area contributed by atoms with E-state index in [4.69, 9.17) is 5.73 Å². The van der Waals surface area contributed by atoms with Gasteiger partial charge in [0, 0.05) is 19.8 Å². The van der Waals surface area contributed by atoms with Gasteiger partial charge in [0.2, 0.25) is 15.9 Å². The lowest BCUT2D eigenvalue weighted by atomic mass is 10.3. The standard InChI is InChI=1S/C11H17N3O3S/c1-8(11(15)14(2)3)13-18(16,17)10-6-4-5-9(12)7-10/h4-8,13H,12H2,1-3H3. The first kappa shape index (κ1) is 14.5. The third-order valence-corrected chi connectivity index (χ3v) is 3.85. The summed E-state index contributed by atoms with van der Waals surface area (Å²) in [5.74, 6) is -0.317. The molecule has 18 heavy (non-hydrogen) atoms. The average molecular weight is 271 g/mol. The van der Waals surface area contributed by atoms with Crippen LogP contribution in [0.2, 0.25) is 0 Å². The fraction of sp³-hybridized carbons (Fsp3) is 0.364. The third kappa shape index (κ3) is 3.44. The Morgan fingerprint density at radius 3 is 2.50 bits per heavy atom. The van der Waals surface area contributed by atoms with Gasteiger partial charge >= 0.3 is 0 Å². The van der Waals surface area contributed by atoms with Crippen LogP contribution < -0.4 is 10.5 Å². The first-order chi connectivity index (χ1) is 8.24. The van der Waals surface area contributed by atoms with Crippen LogP contribution in [0.15, 0.2) is 29.2 Å². The van der Waals surface area contributed by atoms with Crippen molar-refractivity contribution in [1.29, 1.82) is 0 Å². The monoisotopic (exact) mass is 271 g/mol. The minimum Gasteiger partial charge on any atom is -0.399 e. The molecule has 1 atom stereocenters. The highest BCUT2D eigenvalue weighted by Gasteiger charge is 2.22. The lowest BCUT2D eigenvalue weighted by Gasteiger charge is -2.18. The molecule has 0 heterocycles. The molecular weight excluding hydrogens is 254 g/mol. The Labute approximate surface area is 107 Å². The number of nitrogens with one attached hydrogen (secondary N) is 1. The zero-order chi connectivity index (χ0) is 13.9. The van der Waals surface area contributed by atoms with E-state index < -0.39 is 16.1 Å². The van der Waals surface area contributed by atoms with Crippen molar-refractivity contribution >= 4 is 21.6 Å². The second-order valence-corrected chi connectivity index (χ2v) is 5.86. The molecule has 7 heteroatoms. The number of nitrogen functional groups attached to an aromatic ring is 1. The van der Waals surface area contributed by atoms with E-state index in [1.807, 2.05) is 0 Å². The maximum absolute atomic E-state index is 12.0. The lowest BCUT2D eigenvalue weighted by Crippen LogP contribution is -2.44. The molecule has 1 aromatic rings. The molecule has 0 saturated heterocycles. The van der Waals surface area contributed by atoms with Crippen LogP contribution in [-0.2, 0) is 14.8 Å². The summed E-state index contributed by atoms with van der Waals surface area (Å²) in [6, 6.07) is 5.07. The number of hydrogen-bond donors (Lipinski definition) is 2. The van der Waals surface area contributed by atoms with Crippen LogP contribution >= 0.6 is 0 Å². The van der Waals surface area contributed by atoms with E-state index in [2.05, 4.69) is 4.72 Å². The molecule has 0 aliphatic carbocycles. The number of carbonyl (C=O) groups excluding carboxylic acids is 1. The van der Waals surface area contributed by atoms with E-state index in [1.54, 1.807) is 26.2 Å². The second kappa shape index (κ2) is 5.36. The molecule has 0 radical (unpaired) electrons. The van der Waals surface area contributed by atoms with Gasteiger partial charge in [0.1, 0.15) is 0 Å². The van der Waals surface area contributed by atoms with E-state index in [-0.39, 0.29) is 10.8 Å². The van der Waals surface area contributed by atoms with Crippen molar-refractivity contribution in [3.63, 3.8) is 0 Å². The van der Waals surface area contributed by atoms with E-state index in [0.29, 0.717) is 5.69 Å². The minimum absolute atomic E-state index is 0.0425. The van der Waals surface area contributed by atoms with Crippen molar-refractivity contribution in [2.75, 3.05) is 19.8 Å². The summed E-state index contributed by atoms with van der Waals surface area (Å²) in [5, 5.41) is 0. The Morgan fingerprint density at radius 1 is 1.39 bits per heavy atom. The molecule has 6 nitrogen and oxygen atoms in total. The molecule has 1 rings (SSSR count). The highest BCUT2D eigenvalue weighted by molar-refractivity contribution is 7.89.